The Kier molecular flexibility index (Phi) is 5.55. The van der Waals surface area contributed by atoms with Gasteiger partial charge in [-0.15, -0.1) is 0 Å². The van der Waals surface area contributed by atoms with Crippen molar-refractivity contribution >= 4 is 5.91 Å². The number of aliphatic hydroxyl groups is 1. The third-order valence-corrected chi connectivity index (χ3v) is 2.53. The van der Waals surface area contributed by atoms with E-state index in [0.717, 1.165) is 0 Å². The molecule has 0 spiro atoms. The normalized spacial score (nSPS) is 13.9. The fourth-order valence-electron chi connectivity index (χ4n) is 1.36. The van der Waals surface area contributed by atoms with E-state index in [1.165, 1.54) is 19.1 Å². The van der Waals surface area contributed by atoms with Crippen molar-refractivity contribution in [2.24, 2.45) is 0 Å². The van der Waals surface area contributed by atoms with Crippen molar-refractivity contribution in [1.82, 2.24) is 5.32 Å². The first-order valence-corrected chi connectivity index (χ1v) is 5.94. The molecular formula is C13H13F3N2O3. The molecule has 2 atom stereocenters. The SMILES string of the molecule is CC(Oc1ccccc1C#N)C(=O)NCC(O)C(F)(F)F. The summed E-state index contributed by atoms with van der Waals surface area (Å²) in [5.74, 6) is -0.676. The zero-order valence-electron chi connectivity index (χ0n) is 11.0. The van der Waals surface area contributed by atoms with Crippen LogP contribution in [0.2, 0.25) is 0 Å². The molecule has 1 amide bonds. The quantitative estimate of drug-likeness (QED) is 0.860. The molecule has 0 saturated carbocycles. The minimum absolute atomic E-state index is 0.152. The molecule has 0 aliphatic carbocycles. The Morgan fingerprint density at radius 3 is 2.67 bits per heavy atom. The summed E-state index contributed by atoms with van der Waals surface area (Å²) in [7, 11) is 0. The predicted molar refractivity (Wildman–Crippen MR) is 66.3 cm³/mol. The number of nitriles is 1. The van der Waals surface area contributed by atoms with Gasteiger partial charge in [-0.25, -0.2) is 0 Å². The molecule has 0 aliphatic rings. The number of nitrogens with zero attached hydrogens (tertiary/aromatic N) is 1. The summed E-state index contributed by atoms with van der Waals surface area (Å²) < 4.78 is 41.5. The molecule has 1 aromatic carbocycles. The summed E-state index contributed by atoms with van der Waals surface area (Å²) in [6, 6.07) is 8.01. The minimum atomic E-state index is -4.80. The zero-order chi connectivity index (χ0) is 16.0. The number of carbonyl (C=O) groups excluding carboxylic acids is 1. The molecule has 21 heavy (non-hydrogen) atoms. The second-order valence-corrected chi connectivity index (χ2v) is 4.17. The second kappa shape index (κ2) is 6.95. The Labute approximate surface area is 118 Å². The minimum Gasteiger partial charge on any atom is -0.480 e. The van der Waals surface area contributed by atoms with Crippen LogP contribution in [0.25, 0.3) is 0 Å². The van der Waals surface area contributed by atoms with Crippen LogP contribution in [0.3, 0.4) is 0 Å². The third-order valence-electron chi connectivity index (χ3n) is 2.53. The molecule has 1 rings (SSSR count). The summed E-state index contributed by atoms with van der Waals surface area (Å²) in [4.78, 5) is 11.6. The van der Waals surface area contributed by atoms with E-state index in [-0.39, 0.29) is 11.3 Å². The summed E-state index contributed by atoms with van der Waals surface area (Å²) in [6.07, 6.45) is -8.55. The number of hydrogen-bond acceptors (Lipinski definition) is 4. The highest BCUT2D eigenvalue weighted by Gasteiger charge is 2.38. The van der Waals surface area contributed by atoms with Crippen molar-refractivity contribution in [3.8, 4) is 11.8 Å². The third kappa shape index (κ3) is 4.96. The molecule has 1 aromatic rings. The van der Waals surface area contributed by atoms with Crippen LogP contribution in [-0.4, -0.2) is 35.9 Å². The fraction of sp³-hybridized carbons (Fsp3) is 0.385. The van der Waals surface area contributed by atoms with Gasteiger partial charge in [-0.1, -0.05) is 12.1 Å². The molecule has 2 unspecified atom stereocenters. The van der Waals surface area contributed by atoms with Crippen molar-refractivity contribution in [2.45, 2.75) is 25.3 Å². The molecule has 0 bridgehead atoms. The largest absolute Gasteiger partial charge is 0.480 e. The van der Waals surface area contributed by atoms with E-state index < -0.39 is 30.8 Å². The number of rotatable bonds is 5. The van der Waals surface area contributed by atoms with E-state index in [2.05, 4.69) is 0 Å². The molecule has 0 aliphatic heterocycles. The Morgan fingerprint density at radius 1 is 1.48 bits per heavy atom. The highest BCUT2D eigenvalue weighted by molar-refractivity contribution is 5.80. The number of amides is 1. The Morgan fingerprint density at radius 2 is 2.10 bits per heavy atom. The lowest BCUT2D eigenvalue weighted by atomic mass is 10.2. The predicted octanol–water partition coefficient (Wildman–Crippen LogP) is 1.36. The first kappa shape index (κ1) is 16.8. The van der Waals surface area contributed by atoms with Gasteiger partial charge in [0.25, 0.3) is 5.91 Å². The molecule has 5 nitrogen and oxygen atoms in total. The van der Waals surface area contributed by atoms with Crippen LogP contribution in [0.4, 0.5) is 13.2 Å². The summed E-state index contributed by atoms with van der Waals surface area (Å²) >= 11 is 0. The van der Waals surface area contributed by atoms with Gasteiger partial charge in [0.05, 0.1) is 12.1 Å². The van der Waals surface area contributed by atoms with Crippen molar-refractivity contribution < 1.29 is 27.8 Å². The van der Waals surface area contributed by atoms with Gasteiger partial charge in [-0.05, 0) is 19.1 Å². The molecule has 8 heteroatoms. The molecular weight excluding hydrogens is 289 g/mol. The number of carbonyl (C=O) groups is 1. The monoisotopic (exact) mass is 302 g/mol. The highest BCUT2D eigenvalue weighted by Crippen LogP contribution is 2.20. The van der Waals surface area contributed by atoms with E-state index in [1.54, 1.807) is 12.1 Å². The van der Waals surface area contributed by atoms with Gasteiger partial charge >= 0.3 is 6.18 Å². The topological polar surface area (TPSA) is 82.3 Å². The number of benzene rings is 1. The fourth-order valence-corrected chi connectivity index (χ4v) is 1.36. The number of hydrogen-bond donors (Lipinski definition) is 2. The lowest BCUT2D eigenvalue weighted by Crippen LogP contribution is -2.44. The standard InChI is InChI=1S/C13H13F3N2O3/c1-8(12(20)18-7-11(19)13(14,15)16)21-10-5-3-2-4-9(10)6-17/h2-5,8,11,19H,7H2,1H3,(H,18,20). The molecule has 0 saturated heterocycles. The van der Waals surface area contributed by atoms with Crippen LogP contribution >= 0.6 is 0 Å². The first-order valence-electron chi connectivity index (χ1n) is 5.94. The molecule has 2 N–H and O–H groups in total. The van der Waals surface area contributed by atoms with E-state index in [9.17, 15) is 18.0 Å². The number of para-hydroxylation sites is 1. The van der Waals surface area contributed by atoms with Gasteiger partial charge in [-0.3, -0.25) is 4.79 Å². The number of nitrogens with one attached hydrogen (secondary N) is 1. The van der Waals surface area contributed by atoms with Crippen LogP contribution in [0.1, 0.15) is 12.5 Å². The lowest BCUT2D eigenvalue weighted by Gasteiger charge is -2.18. The maximum absolute atomic E-state index is 12.1. The van der Waals surface area contributed by atoms with Crippen molar-refractivity contribution in [3.63, 3.8) is 0 Å². The van der Waals surface area contributed by atoms with Gasteiger partial charge in [0.15, 0.2) is 12.2 Å². The smallest absolute Gasteiger partial charge is 0.416 e. The molecule has 0 heterocycles. The Hall–Kier alpha value is -2.27. The zero-order valence-corrected chi connectivity index (χ0v) is 11.0. The average Bonchev–Trinajstić information content (AvgIpc) is 2.43. The van der Waals surface area contributed by atoms with Crippen molar-refractivity contribution in [1.29, 1.82) is 5.26 Å². The highest BCUT2D eigenvalue weighted by atomic mass is 19.4. The molecule has 0 radical (unpaired) electrons. The molecule has 0 fully saturated rings. The van der Waals surface area contributed by atoms with Crippen LogP contribution in [0.5, 0.6) is 5.75 Å². The summed E-state index contributed by atoms with van der Waals surface area (Å²) in [5, 5.41) is 19.5. The number of ether oxygens (including phenoxy) is 1. The van der Waals surface area contributed by atoms with Gasteiger partial charge in [0.1, 0.15) is 11.8 Å². The molecule has 114 valence electrons. The van der Waals surface area contributed by atoms with Crippen LogP contribution in [-0.2, 0) is 4.79 Å². The van der Waals surface area contributed by atoms with Crippen LogP contribution in [0, 0.1) is 11.3 Å². The maximum Gasteiger partial charge on any atom is 0.416 e. The maximum atomic E-state index is 12.1. The summed E-state index contributed by atoms with van der Waals surface area (Å²) in [5.41, 5.74) is 0.201. The van der Waals surface area contributed by atoms with Gasteiger partial charge in [0.2, 0.25) is 0 Å². The number of aliphatic hydroxyl groups excluding tert-OH is 1. The summed E-state index contributed by atoms with van der Waals surface area (Å²) in [6.45, 7) is 0.361. The van der Waals surface area contributed by atoms with Gasteiger partial charge < -0.3 is 15.2 Å². The van der Waals surface area contributed by atoms with E-state index in [1.807, 2.05) is 11.4 Å². The van der Waals surface area contributed by atoms with Gasteiger partial charge in [0, 0.05) is 0 Å². The van der Waals surface area contributed by atoms with E-state index in [0.29, 0.717) is 0 Å². The number of halogens is 3. The first-order chi connectivity index (χ1) is 9.75. The van der Waals surface area contributed by atoms with Gasteiger partial charge in [-0.2, -0.15) is 18.4 Å². The second-order valence-electron chi connectivity index (χ2n) is 4.17. The Balaban J connectivity index is 2.58. The number of alkyl halides is 3. The van der Waals surface area contributed by atoms with Crippen molar-refractivity contribution in [3.05, 3.63) is 29.8 Å². The van der Waals surface area contributed by atoms with Crippen LogP contribution < -0.4 is 10.1 Å². The molecule has 0 aromatic heterocycles. The Bertz CT molecular complexity index is 540. The van der Waals surface area contributed by atoms with Crippen molar-refractivity contribution in [2.75, 3.05) is 6.54 Å². The van der Waals surface area contributed by atoms with E-state index >= 15 is 0 Å². The average molecular weight is 302 g/mol. The van der Waals surface area contributed by atoms with E-state index in [4.69, 9.17) is 15.1 Å². The van der Waals surface area contributed by atoms with Crippen LogP contribution in [0.15, 0.2) is 24.3 Å². The lowest BCUT2D eigenvalue weighted by molar-refractivity contribution is -0.202.